The third-order valence-electron chi connectivity index (χ3n) is 5.33. The summed E-state index contributed by atoms with van der Waals surface area (Å²) < 4.78 is 69.8. The number of benzene rings is 2. The summed E-state index contributed by atoms with van der Waals surface area (Å²) in [4.78, 5) is 16.9. The molecule has 3 aromatic heterocycles. The van der Waals surface area contributed by atoms with Crippen molar-refractivity contribution in [2.45, 2.75) is 12.7 Å². The maximum Gasteiger partial charge on any atom is 0.433 e. The van der Waals surface area contributed by atoms with Crippen molar-refractivity contribution in [3.8, 4) is 11.3 Å². The van der Waals surface area contributed by atoms with Crippen LogP contribution in [0.5, 0.6) is 0 Å². The monoisotopic (exact) mass is 532 g/mol. The molecule has 0 fully saturated rings. The fraction of sp³-hybridized carbons (Fsp3) is 0.0833. The van der Waals surface area contributed by atoms with Gasteiger partial charge in [-0.25, -0.2) is 18.3 Å². The van der Waals surface area contributed by atoms with E-state index in [1.807, 2.05) is 0 Å². The van der Waals surface area contributed by atoms with Gasteiger partial charge in [-0.2, -0.15) is 23.4 Å². The largest absolute Gasteiger partial charge is 0.433 e. The fourth-order valence-electron chi connectivity index (χ4n) is 3.59. The van der Waals surface area contributed by atoms with Crippen molar-refractivity contribution >= 4 is 28.8 Å². The van der Waals surface area contributed by atoms with Crippen molar-refractivity contribution in [3.05, 3.63) is 101 Å². The lowest BCUT2D eigenvalue weighted by Crippen LogP contribution is -2.15. The summed E-state index contributed by atoms with van der Waals surface area (Å²) in [7, 11) is 0. The van der Waals surface area contributed by atoms with Gasteiger partial charge >= 0.3 is 6.18 Å². The average molecular weight is 533 g/mol. The van der Waals surface area contributed by atoms with Crippen LogP contribution >= 0.6 is 11.6 Å². The standard InChI is InChI=1S/C24H14ClF5N6O/c25-18-7-16(27)6-3-14(18)11-35-12-17(10-31-35)32-23(37)20-9-22-33-19(13-1-4-15(26)5-2-13)8-21(24(28,29)30)36(22)34-20/h1-10,12H,11H2,(H,32,37). The van der Waals surface area contributed by atoms with Gasteiger partial charge < -0.3 is 5.32 Å². The molecule has 37 heavy (non-hydrogen) atoms. The second kappa shape index (κ2) is 9.28. The van der Waals surface area contributed by atoms with Crippen LogP contribution in [0, 0.1) is 11.6 Å². The smallest absolute Gasteiger partial charge is 0.318 e. The van der Waals surface area contributed by atoms with E-state index in [4.69, 9.17) is 11.6 Å². The molecule has 1 amide bonds. The van der Waals surface area contributed by atoms with E-state index in [0.29, 0.717) is 10.1 Å². The van der Waals surface area contributed by atoms with Gasteiger partial charge in [0.1, 0.15) is 11.6 Å². The molecular weight excluding hydrogens is 519 g/mol. The van der Waals surface area contributed by atoms with Crippen LogP contribution in [0.1, 0.15) is 21.7 Å². The molecule has 3 heterocycles. The van der Waals surface area contributed by atoms with Crippen molar-refractivity contribution in [1.29, 1.82) is 0 Å². The van der Waals surface area contributed by atoms with Crippen molar-refractivity contribution in [2.75, 3.05) is 5.32 Å². The second-order valence-electron chi connectivity index (χ2n) is 7.95. The Kier molecular flexibility index (Phi) is 6.12. The van der Waals surface area contributed by atoms with E-state index in [2.05, 4.69) is 20.5 Å². The minimum atomic E-state index is -4.81. The summed E-state index contributed by atoms with van der Waals surface area (Å²) in [5.74, 6) is -1.82. The Hall–Kier alpha value is -4.32. The van der Waals surface area contributed by atoms with Gasteiger partial charge in [0.25, 0.3) is 5.91 Å². The Morgan fingerprint density at radius 3 is 2.43 bits per heavy atom. The Labute approximate surface area is 210 Å². The van der Waals surface area contributed by atoms with Gasteiger partial charge in [0, 0.05) is 22.8 Å². The van der Waals surface area contributed by atoms with Gasteiger partial charge in [-0.05, 0) is 48.0 Å². The van der Waals surface area contributed by atoms with Crippen LogP contribution in [0.25, 0.3) is 16.9 Å². The summed E-state index contributed by atoms with van der Waals surface area (Å²) in [5, 5.41) is 10.6. The highest BCUT2D eigenvalue weighted by atomic mass is 35.5. The fourth-order valence-corrected chi connectivity index (χ4v) is 3.82. The number of carbonyl (C=O) groups excluding carboxylic acids is 1. The number of anilines is 1. The van der Waals surface area contributed by atoms with Gasteiger partial charge in [0.15, 0.2) is 17.0 Å². The SMILES string of the molecule is O=C(Nc1cnn(Cc2ccc(F)cc2Cl)c1)c1cc2nc(-c3ccc(F)cc3)cc(C(F)(F)F)n2n1. The number of halogens is 6. The molecular formula is C24H14ClF5N6O. The van der Waals surface area contributed by atoms with Crippen molar-refractivity contribution in [3.63, 3.8) is 0 Å². The van der Waals surface area contributed by atoms with Crippen LogP contribution in [0.4, 0.5) is 27.6 Å². The maximum absolute atomic E-state index is 13.8. The quantitative estimate of drug-likeness (QED) is 0.288. The van der Waals surface area contributed by atoms with E-state index >= 15 is 0 Å². The first-order valence-corrected chi connectivity index (χ1v) is 11.0. The molecule has 0 aliphatic carbocycles. The first-order chi connectivity index (χ1) is 17.6. The number of hydrogen-bond acceptors (Lipinski definition) is 4. The topological polar surface area (TPSA) is 77.1 Å². The van der Waals surface area contributed by atoms with Gasteiger partial charge in [-0.3, -0.25) is 9.48 Å². The number of nitrogens with one attached hydrogen (secondary N) is 1. The van der Waals surface area contributed by atoms with Crippen molar-refractivity contribution in [2.24, 2.45) is 0 Å². The minimum absolute atomic E-state index is 0.0626. The summed E-state index contributed by atoms with van der Waals surface area (Å²) in [6.45, 7) is 0.189. The maximum atomic E-state index is 13.8. The number of amides is 1. The van der Waals surface area contributed by atoms with E-state index in [-0.39, 0.29) is 39.9 Å². The van der Waals surface area contributed by atoms with Gasteiger partial charge in [0.05, 0.1) is 24.1 Å². The third kappa shape index (κ3) is 5.14. The van der Waals surface area contributed by atoms with E-state index in [0.717, 1.165) is 30.3 Å². The molecule has 2 aromatic carbocycles. The second-order valence-corrected chi connectivity index (χ2v) is 8.35. The molecule has 0 unspecified atom stereocenters. The number of rotatable bonds is 5. The molecule has 5 aromatic rings. The number of nitrogens with zero attached hydrogens (tertiary/aromatic N) is 5. The third-order valence-corrected chi connectivity index (χ3v) is 5.68. The summed E-state index contributed by atoms with van der Waals surface area (Å²) in [5.41, 5.74) is -0.657. The van der Waals surface area contributed by atoms with E-state index in [1.54, 1.807) is 0 Å². The molecule has 5 rings (SSSR count). The number of aromatic nitrogens is 5. The van der Waals surface area contributed by atoms with E-state index in [1.165, 1.54) is 41.3 Å². The lowest BCUT2D eigenvalue weighted by Gasteiger charge is -2.11. The van der Waals surface area contributed by atoms with Gasteiger partial charge in [-0.1, -0.05) is 17.7 Å². The molecule has 0 radical (unpaired) electrons. The number of hydrogen-bond donors (Lipinski definition) is 1. The molecule has 188 valence electrons. The summed E-state index contributed by atoms with van der Waals surface area (Å²) in [6.07, 6.45) is -2.00. The molecule has 0 bridgehead atoms. The van der Waals surface area contributed by atoms with Gasteiger partial charge in [-0.15, -0.1) is 0 Å². The Morgan fingerprint density at radius 1 is 1.00 bits per heavy atom. The Balaban J connectivity index is 1.42. The first-order valence-electron chi connectivity index (χ1n) is 10.6. The lowest BCUT2D eigenvalue weighted by molar-refractivity contribution is -0.142. The van der Waals surface area contributed by atoms with Crippen molar-refractivity contribution in [1.82, 2.24) is 24.4 Å². The molecule has 0 atom stereocenters. The molecule has 0 saturated heterocycles. The number of fused-ring (bicyclic) bond motifs is 1. The van der Waals surface area contributed by atoms with Crippen LogP contribution < -0.4 is 5.32 Å². The Bertz CT molecular complexity index is 1630. The zero-order valence-electron chi connectivity index (χ0n) is 18.5. The average Bonchev–Trinajstić information content (AvgIpc) is 3.47. The normalized spacial score (nSPS) is 11.7. The molecule has 0 aliphatic rings. The van der Waals surface area contributed by atoms with E-state index < -0.39 is 29.4 Å². The number of carbonyl (C=O) groups is 1. The Morgan fingerprint density at radius 2 is 1.73 bits per heavy atom. The predicted molar refractivity (Wildman–Crippen MR) is 124 cm³/mol. The van der Waals surface area contributed by atoms with Crippen LogP contribution in [0.3, 0.4) is 0 Å². The molecule has 0 aliphatic heterocycles. The molecule has 0 saturated carbocycles. The van der Waals surface area contributed by atoms with Crippen LogP contribution in [0.2, 0.25) is 5.02 Å². The summed E-state index contributed by atoms with van der Waals surface area (Å²) in [6, 6.07) is 10.6. The summed E-state index contributed by atoms with van der Waals surface area (Å²) >= 11 is 6.03. The zero-order chi connectivity index (χ0) is 26.3. The highest BCUT2D eigenvalue weighted by molar-refractivity contribution is 6.31. The van der Waals surface area contributed by atoms with E-state index in [9.17, 15) is 26.7 Å². The van der Waals surface area contributed by atoms with Crippen LogP contribution in [-0.2, 0) is 12.7 Å². The molecule has 7 nitrogen and oxygen atoms in total. The van der Waals surface area contributed by atoms with Crippen LogP contribution in [-0.4, -0.2) is 30.3 Å². The van der Waals surface area contributed by atoms with Gasteiger partial charge in [0.2, 0.25) is 0 Å². The number of alkyl halides is 3. The first kappa shape index (κ1) is 24.4. The molecule has 0 spiro atoms. The van der Waals surface area contributed by atoms with Crippen molar-refractivity contribution < 1.29 is 26.7 Å². The van der Waals surface area contributed by atoms with Crippen LogP contribution in [0.15, 0.2) is 67.0 Å². The lowest BCUT2D eigenvalue weighted by atomic mass is 10.1. The highest BCUT2D eigenvalue weighted by Gasteiger charge is 2.35. The predicted octanol–water partition coefficient (Wildman–Crippen LogP) is 5.84. The zero-order valence-corrected chi connectivity index (χ0v) is 19.2. The minimum Gasteiger partial charge on any atom is -0.318 e. The molecule has 1 N–H and O–H groups in total. The highest BCUT2D eigenvalue weighted by Crippen LogP contribution is 2.32. The molecule has 13 heteroatoms.